The van der Waals surface area contributed by atoms with E-state index in [1.807, 2.05) is 37.3 Å². The smallest absolute Gasteiger partial charge is 0.330 e. The lowest BCUT2D eigenvalue weighted by molar-refractivity contribution is -0.134. The molecule has 3 nitrogen and oxygen atoms in total. The van der Waals surface area contributed by atoms with Gasteiger partial charge in [-0.1, -0.05) is 36.1 Å². The van der Waals surface area contributed by atoms with Gasteiger partial charge >= 0.3 is 5.97 Å². The molecular weight excluding hydrogens is 334 g/mol. The van der Waals surface area contributed by atoms with Gasteiger partial charge in [0.1, 0.15) is 0 Å². The van der Waals surface area contributed by atoms with E-state index in [9.17, 15) is 4.79 Å². The van der Waals surface area contributed by atoms with E-state index in [1.165, 1.54) is 31.6 Å². The first-order chi connectivity index (χ1) is 13.0. The number of methoxy groups -OCH3 is 1. The Hall–Kier alpha value is -2.83. The van der Waals surface area contributed by atoms with E-state index in [2.05, 4.69) is 46.7 Å². The van der Waals surface area contributed by atoms with Crippen molar-refractivity contribution in [2.24, 2.45) is 0 Å². The number of carbonyl (C=O) groups is 1. The van der Waals surface area contributed by atoms with Crippen molar-refractivity contribution < 1.29 is 9.53 Å². The normalized spacial score (nSPS) is 13.9. The van der Waals surface area contributed by atoms with Crippen LogP contribution >= 0.6 is 0 Å². The summed E-state index contributed by atoms with van der Waals surface area (Å²) in [7, 11) is 3.57. The number of hydrogen-bond acceptors (Lipinski definition) is 3. The van der Waals surface area contributed by atoms with Gasteiger partial charge in [-0.05, 0) is 67.8 Å². The third-order valence-corrected chi connectivity index (χ3v) is 4.76. The molecule has 0 N–H and O–H groups in total. The zero-order valence-electron chi connectivity index (χ0n) is 16.2. The summed E-state index contributed by atoms with van der Waals surface area (Å²) >= 11 is 0. The Bertz CT molecular complexity index is 896. The number of hydrogen-bond donors (Lipinski definition) is 0. The lowest BCUT2D eigenvalue weighted by Gasteiger charge is -2.15. The molecule has 3 heteroatoms. The Balaban J connectivity index is 1.68. The lowest BCUT2D eigenvalue weighted by Crippen LogP contribution is -2.19. The summed E-state index contributed by atoms with van der Waals surface area (Å²) in [5.41, 5.74) is 5.13. The monoisotopic (exact) mass is 359 g/mol. The Labute approximate surface area is 161 Å². The second kappa shape index (κ2) is 8.70. The summed E-state index contributed by atoms with van der Waals surface area (Å²) in [6.07, 6.45) is 4.13. The van der Waals surface area contributed by atoms with E-state index >= 15 is 0 Å². The highest BCUT2D eigenvalue weighted by atomic mass is 16.5. The Kier molecular flexibility index (Phi) is 6.11. The largest absolute Gasteiger partial charge is 0.466 e. The molecule has 0 radical (unpaired) electrons. The first-order valence-corrected chi connectivity index (χ1v) is 9.23. The topological polar surface area (TPSA) is 29.5 Å². The predicted molar refractivity (Wildman–Crippen MR) is 109 cm³/mol. The van der Waals surface area contributed by atoms with E-state index in [1.54, 1.807) is 0 Å². The number of nitrogens with zero attached hydrogens (tertiary/aromatic N) is 1. The van der Waals surface area contributed by atoms with Crippen LogP contribution in [0.2, 0.25) is 0 Å². The molecule has 138 valence electrons. The van der Waals surface area contributed by atoms with E-state index in [0.717, 1.165) is 34.9 Å². The number of rotatable bonds is 5. The van der Waals surface area contributed by atoms with Gasteiger partial charge in [0.25, 0.3) is 0 Å². The fourth-order valence-electron chi connectivity index (χ4n) is 2.96. The zero-order valence-corrected chi connectivity index (χ0v) is 16.2. The molecule has 0 aromatic heterocycles. The van der Waals surface area contributed by atoms with Crippen LogP contribution in [0.15, 0.2) is 54.6 Å². The summed E-state index contributed by atoms with van der Waals surface area (Å²) < 4.78 is 4.66. The highest BCUT2D eigenvalue weighted by molar-refractivity contribution is 5.90. The first-order valence-electron chi connectivity index (χ1n) is 9.23. The molecule has 0 heterocycles. The number of carbonyl (C=O) groups excluding carboxylic acids is 1. The Morgan fingerprint density at radius 2 is 1.85 bits per heavy atom. The fourth-order valence-corrected chi connectivity index (χ4v) is 2.96. The van der Waals surface area contributed by atoms with E-state index < -0.39 is 0 Å². The summed E-state index contributed by atoms with van der Waals surface area (Å²) in [5.74, 6) is 6.13. The fraction of sp³-hybridized carbons (Fsp3) is 0.292. The molecule has 0 spiro atoms. The van der Waals surface area contributed by atoms with Crippen molar-refractivity contribution in [3.63, 3.8) is 0 Å². The lowest BCUT2D eigenvalue weighted by atomic mass is 10.0. The van der Waals surface area contributed by atoms with Gasteiger partial charge in [0.05, 0.1) is 7.11 Å². The van der Waals surface area contributed by atoms with Crippen molar-refractivity contribution >= 4 is 11.5 Å². The quantitative estimate of drug-likeness (QED) is 0.454. The third-order valence-electron chi connectivity index (χ3n) is 4.76. The molecule has 3 rings (SSSR count). The van der Waals surface area contributed by atoms with Gasteiger partial charge in [0, 0.05) is 29.8 Å². The van der Waals surface area contributed by atoms with Crippen LogP contribution in [0.1, 0.15) is 42.0 Å². The van der Waals surface area contributed by atoms with Gasteiger partial charge in [-0.2, -0.15) is 0 Å². The van der Waals surface area contributed by atoms with Gasteiger partial charge in [-0.15, -0.1) is 0 Å². The van der Waals surface area contributed by atoms with Crippen molar-refractivity contribution in [1.29, 1.82) is 0 Å². The second-order valence-electron chi connectivity index (χ2n) is 7.02. The molecule has 2 aromatic carbocycles. The minimum Gasteiger partial charge on any atom is -0.466 e. The van der Waals surface area contributed by atoms with Crippen LogP contribution in [-0.2, 0) is 16.1 Å². The van der Waals surface area contributed by atoms with Crippen LogP contribution in [0.25, 0.3) is 5.57 Å². The van der Waals surface area contributed by atoms with Crippen LogP contribution in [0, 0.1) is 11.8 Å². The van der Waals surface area contributed by atoms with E-state index in [4.69, 9.17) is 0 Å². The van der Waals surface area contributed by atoms with Gasteiger partial charge in [0.15, 0.2) is 0 Å². The van der Waals surface area contributed by atoms with Crippen molar-refractivity contribution in [1.82, 2.24) is 4.90 Å². The maximum absolute atomic E-state index is 11.3. The number of allylic oxidation sites excluding steroid dienone is 1. The van der Waals surface area contributed by atoms with E-state index in [0.29, 0.717) is 0 Å². The highest BCUT2D eigenvalue weighted by Gasteiger charge is 2.25. The SMILES string of the molecule is COC(=O)/C=C(/C)c1ccc(C#Cc2cccc(CN(C)C3CC3)c2)cc1. The summed E-state index contributed by atoms with van der Waals surface area (Å²) in [5, 5.41) is 0. The molecule has 2 aromatic rings. The standard InChI is InChI=1S/C24H25NO2/c1-18(15-24(26)27-3)22-11-9-19(10-12-22)7-8-20-5-4-6-21(16-20)17-25(2)23-13-14-23/h4-6,9-12,15-16,23H,13-14,17H2,1-3H3/b18-15-. The molecule has 1 aliphatic rings. The van der Waals surface area contributed by atoms with Gasteiger partial charge in [0.2, 0.25) is 0 Å². The molecule has 0 aliphatic heterocycles. The van der Waals surface area contributed by atoms with Gasteiger partial charge < -0.3 is 4.74 Å². The molecule has 0 bridgehead atoms. The minimum absolute atomic E-state index is 0.344. The molecule has 1 saturated carbocycles. The zero-order chi connectivity index (χ0) is 19.2. The molecule has 0 amide bonds. The van der Waals surface area contributed by atoms with Crippen molar-refractivity contribution in [3.8, 4) is 11.8 Å². The predicted octanol–water partition coefficient (Wildman–Crippen LogP) is 4.26. The molecule has 1 aliphatic carbocycles. The van der Waals surface area contributed by atoms with Crippen LogP contribution < -0.4 is 0 Å². The van der Waals surface area contributed by atoms with Crippen molar-refractivity contribution in [2.75, 3.05) is 14.2 Å². The molecule has 1 fully saturated rings. The van der Waals surface area contributed by atoms with Crippen LogP contribution in [0.3, 0.4) is 0 Å². The minimum atomic E-state index is -0.344. The first kappa shape index (κ1) is 18.9. The molecule has 0 unspecified atom stereocenters. The average Bonchev–Trinajstić information content (AvgIpc) is 3.52. The Morgan fingerprint density at radius 1 is 1.15 bits per heavy atom. The molecular formula is C24H25NO2. The van der Waals surface area contributed by atoms with E-state index in [-0.39, 0.29) is 5.97 Å². The van der Waals surface area contributed by atoms with Crippen LogP contribution in [0.4, 0.5) is 0 Å². The summed E-state index contributed by atoms with van der Waals surface area (Å²) in [6.45, 7) is 2.86. The Morgan fingerprint density at radius 3 is 2.52 bits per heavy atom. The maximum atomic E-state index is 11.3. The number of esters is 1. The maximum Gasteiger partial charge on any atom is 0.330 e. The molecule has 0 saturated heterocycles. The summed E-state index contributed by atoms with van der Waals surface area (Å²) in [4.78, 5) is 13.7. The van der Waals surface area contributed by atoms with Crippen LogP contribution in [-0.4, -0.2) is 31.1 Å². The van der Waals surface area contributed by atoms with Crippen LogP contribution in [0.5, 0.6) is 0 Å². The van der Waals surface area contributed by atoms with Crippen molar-refractivity contribution in [2.45, 2.75) is 32.4 Å². The van der Waals surface area contributed by atoms with Crippen molar-refractivity contribution in [3.05, 3.63) is 76.9 Å². The number of ether oxygens (including phenoxy) is 1. The summed E-state index contributed by atoms with van der Waals surface area (Å²) in [6, 6.07) is 17.1. The van der Waals surface area contributed by atoms with Gasteiger partial charge in [-0.3, -0.25) is 4.90 Å². The average molecular weight is 359 g/mol. The number of benzene rings is 2. The van der Waals surface area contributed by atoms with Gasteiger partial charge in [-0.25, -0.2) is 4.79 Å². The molecule has 27 heavy (non-hydrogen) atoms. The highest BCUT2D eigenvalue weighted by Crippen LogP contribution is 2.26. The third kappa shape index (κ3) is 5.57. The second-order valence-corrected chi connectivity index (χ2v) is 7.02. The molecule has 0 atom stereocenters.